The van der Waals surface area contributed by atoms with Crippen LogP contribution in [0.25, 0.3) is 0 Å². The lowest BCUT2D eigenvalue weighted by molar-refractivity contribution is -0.142. The monoisotopic (exact) mass is 752 g/mol. The van der Waals surface area contributed by atoms with Gasteiger partial charge in [0.1, 0.15) is 11.8 Å². The lowest BCUT2D eigenvalue weighted by Gasteiger charge is -2.27. The van der Waals surface area contributed by atoms with Gasteiger partial charge in [-0.25, -0.2) is 0 Å². The van der Waals surface area contributed by atoms with Crippen LogP contribution in [0.15, 0.2) is 0 Å². The Morgan fingerprint density at radius 2 is 1.35 bits per heavy atom. The number of hydrogen-bond acceptors (Lipinski definition) is 14. The zero-order valence-corrected chi connectivity index (χ0v) is 32.0. The molecule has 1 heterocycles. The van der Waals surface area contributed by atoms with Gasteiger partial charge in [-0.05, 0) is 6.92 Å². The standard InChI is InChI=1S/C31H52N4O9S4/c1-15(2)28(41)20-9-25(38)27(18(7)36)35-31(44)23(33-17(5)6)14-48-47-13-22(29(42)16(3)4)34-30(43)19(10-26(39)40)8-24(37)21(32)12-46-45-11-20/h15-23,27,33,36H,8-14,32H2,1-7H3,(H,34,43)(H,35,44)(H,39,40)/t18-,19+,20+,21+,22+,23+,27?/m1/s1. The summed E-state index contributed by atoms with van der Waals surface area (Å²) in [7, 11) is 4.92. The van der Waals surface area contributed by atoms with Gasteiger partial charge in [0.2, 0.25) is 11.8 Å². The molecule has 0 spiro atoms. The number of amides is 2. The van der Waals surface area contributed by atoms with Gasteiger partial charge < -0.3 is 31.9 Å². The number of rotatable bonds is 9. The minimum atomic E-state index is -1.28. The summed E-state index contributed by atoms with van der Waals surface area (Å²) in [5.41, 5.74) is 6.11. The fraction of sp³-hybridized carbons (Fsp3) is 0.774. The maximum Gasteiger partial charge on any atom is 0.304 e. The summed E-state index contributed by atoms with van der Waals surface area (Å²) in [6, 6.07) is -4.18. The zero-order chi connectivity index (χ0) is 36.7. The summed E-state index contributed by atoms with van der Waals surface area (Å²) >= 11 is 0. The molecule has 48 heavy (non-hydrogen) atoms. The van der Waals surface area contributed by atoms with Crippen LogP contribution in [0.1, 0.15) is 67.7 Å². The van der Waals surface area contributed by atoms with Crippen molar-refractivity contribution in [3.63, 3.8) is 0 Å². The molecule has 17 heteroatoms. The number of carbonyl (C=O) groups excluding carboxylic acids is 6. The van der Waals surface area contributed by atoms with E-state index in [1.54, 1.807) is 27.7 Å². The first-order chi connectivity index (χ1) is 22.3. The summed E-state index contributed by atoms with van der Waals surface area (Å²) in [5, 5.41) is 28.4. The first kappa shape index (κ1) is 44.4. The number of carboxylic acid groups (broad SMARTS) is 1. The van der Waals surface area contributed by atoms with E-state index in [0.717, 1.165) is 0 Å². The largest absolute Gasteiger partial charge is 0.481 e. The molecule has 0 aromatic rings. The number of ketones is 4. The lowest BCUT2D eigenvalue weighted by Crippen LogP contribution is -2.56. The molecule has 7 N–H and O–H groups in total. The van der Waals surface area contributed by atoms with Crippen LogP contribution in [-0.4, -0.2) is 110 Å². The fourth-order valence-corrected chi connectivity index (χ4v) is 9.57. The molecule has 1 saturated heterocycles. The molecule has 13 nitrogen and oxygen atoms in total. The highest BCUT2D eigenvalue weighted by molar-refractivity contribution is 8.77. The normalized spacial score (nSPS) is 27.5. The zero-order valence-electron chi connectivity index (χ0n) is 28.7. The highest BCUT2D eigenvalue weighted by Gasteiger charge is 2.34. The SMILES string of the molecule is CC(C)N[C@H]1CSSC[C@@H](C(=O)C(C)C)NC(=O)[C@H](CC(=O)O)CC(=O)[C@@H](N)CSSC[C@@H](C(=O)C(C)C)CC(=O)C([C@@H](C)O)NC1=O. The van der Waals surface area contributed by atoms with Gasteiger partial charge in [0, 0.05) is 59.6 Å². The number of aliphatic hydroxyl groups excluding tert-OH is 1. The average Bonchev–Trinajstić information content (AvgIpc) is 2.99. The van der Waals surface area contributed by atoms with E-state index in [9.17, 15) is 43.8 Å². The number of nitrogens with one attached hydrogen (secondary N) is 3. The highest BCUT2D eigenvalue weighted by Crippen LogP contribution is 2.29. The van der Waals surface area contributed by atoms with Crippen LogP contribution < -0.4 is 21.7 Å². The molecule has 0 saturated carbocycles. The van der Waals surface area contributed by atoms with Gasteiger partial charge in [-0.1, -0.05) is 84.7 Å². The van der Waals surface area contributed by atoms with E-state index in [1.807, 2.05) is 13.8 Å². The molecule has 7 atom stereocenters. The summed E-state index contributed by atoms with van der Waals surface area (Å²) < 4.78 is 0. The van der Waals surface area contributed by atoms with Gasteiger partial charge in [-0.2, -0.15) is 0 Å². The van der Waals surface area contributed by atoms with Gasteiger partial charge in [0.25, 0.3) is 0 Å². The molecule has 1 fully saturated rings. The fourth-order valence-electron chi connectivity index (χ4n) is 4.74. The Hall–Kier alpha value is -1.63. The summed E-state index contributed by atoms with van der Waals surface area (Å²) in [6.45, 7) is 11.9. The number of aliphatic hydroxyl groups is 1. The molecule has 1 aliphatic heterocycles. The molecule has 2 amide bonds. The van der Waals surface area contributed by atoms with Crippen LogP contribution in [0.3, 0.4) is 0 Å². The van der Waals surface area contributed by atoms with Gasteiger partial charge >= 0.3 is 5.97 Å². The van der Waals surface area contributed by atoms with Crippen LogP contribution in [-0.2, 0) is 33.6 Å². The molecule has 1 unspecified atom stereocenters. The molecule has 0 aliphatic carbocycles. The van der Waals surface area contributed by atoms with E-state index >= 15 is 0 Å². The van der Waals surface area contributed by atoms with Crippen LogP contribution in [0, 0.1) is 23.7 Å². The molecule has 1 aliphatic rings. The van der Waals surface area contributed by atoms with Crippen molar-refractivity contribution in [3.8, 4) is 0 Å². The van der Waals surface area contributed by atoms with Crippen LogP contribution >= 0.6 is 43.2 Å². The van der Waals surface area contributed by atoms with E-state index in [1.165, 1.54) is 50.1 Å². The molecule has 0 aromatic heterocycles. The van der Waals surface area contributed by atoms with Crippen molar-refractivity contribution in [3.05, 3.63) is 0 Å². The van der Waals surface area contributed by atoms with Crippen molar-refractivity contribution >= 4 is 84.1 Å². The number of nitrogens with two attached hydrogens (primary N) is 1. The average molecular weight is 753 g/mol. The number of aliphatic carboxylic acids is 1. The second-order valence-corrected chi connectivity index (χ2v) is 18.0. The van der Waals surface area contributed by atoms with Gasteiger partial charge in [-0.15, -0.1) is 0 Å². The summed E-state index contributed by atoms with van der Waals surface area (Å²) in [4.78, 5) is 90.9. The molecular formula is C31H52N4O9S4. The number of hydrogen-bond donors (Lipinski definition) is 6. The Kier molecular flexibility index (Phi) is 20.6. The number of Topliss-reactive ketones (excluding diaryl/α,β-unsaturated/α-hetero) is 4. The van der Waals surface area contributed by atoms with Crippen molar-refractivity contribution in [2.45, 2.75) is 104 Å². The van der Waals surface area contributed by atoms with Gasteiger partial charge in [0.15, 0.2) is 17.3 Å². The van der Waals surface area contributed by atoms with E-state index < -0.39 is 90.2 Å². The Morgan fingerprint density at radius 3 is 1.90 bits per heavy atom. The Morgan fingerprint density at radius 1 is 0.792 bits per heavy atom. The van der Waals surface area contributed by atoms with Crippen LogP contribution in [0.5, 0.6) is 0 Å². The third-order valence-electron chi connectivity index (χ3n) is 7.43. The maximum atomic E-state index is 13.5. The smallest absolute Gasteiger partial charge is 0.304 e. The minimum absolute atomic E-state index is 0.0976. The molecule has 274 valence electrons. The molecule has 0 bridgehead atoms. The second-order valence-electron chi connectivity index (χ2n) is 12.9. The van der Waals surface area contributed by atoms with Crippen molar-refractivity contribution in [2.75, 3.05) is 23.0 Å². The maximum absolute atomic E-state index is 13.5. The van der Waals surface area contributed by atoms with Crippen LogP contribution in [0.2, 0.25) is 0 Å². The van der Waals surface area contributed by atoms with E-state index in [4.69, 9.17) is 5.73 Å². The van der Waals surface area contributed by atoms with Crippen LogP contribution in [0.4, 0.5) is 0 Å². The second kappa shape index (κ2) is 22.2. The first-order valence-corrected chi connectivity index (χ1v) is 21.0. The predicted molar refractivity (Wildman–Crippen MR) is 194 cm³/mol. The highest BCUT2D eigenvalue weighted by atomic mass is 33.1. The molecule has 0 aromatic carbocycles. The topological polar surface area (TPSA) is 222 Å². The third kappa shape index (κ3) is 15.9. The summed E-state index contributed by atoms with van der Waals surface area (Å²) in [5.74, 6) is -6.19. The quantitative estimate of drug-likeness (QED) is 0.185. The molecular weight excluding hydrogens is 701 g/mol. The predicted octanol–water partition coefficient (Wildman–Crippen LogP) is 1.88. The van der Waals surface area contributed by atoms with E-state index in [-0.39, 0.29) is 53.0 Å². The van der Waals surface area contributed by atoms with Crippen molar-refractivity contribution in [1.82, 2.24) is 16.0 Å². The van der Waals surface area contributed by atoms with Crippen molar-refractivity contribution < 1.29 is 43.8 Å². The van der Waals surface area contributed by atoms with Gasteiger partial charge in [0.05, 0.1) is 36.6 Å². The van der Waals surface area contributed by atoms with E-state index in [0.29, 0.717) is 0 Å². The van der Waals surface area contributed by atoms with Crippen molar-refractivity contribution in [1.29, 1.82) is 0 Å². The first-order valence-electron chi connectivity index (χ1n) is 16.0. The third-order valence-corrected chi connectivity index (χ3v) is 12.4. The van der Waals surface area contributed by atoms with Crippen molar-refractivity contribution in [2.24, 2.45) is 29.4 Å². The number of carboxylic acids is 1. The van der Waals surface area contributed by atoms with E-state index in [2.05, 4.69) is 16.0 Å². The molecule has 1 rings (SSSR count). The minimum Gasteiger partial charge on any atom is -0.481 e. The Labute approximate surface area is 299 Å². The Balaban J connectivity index is 3.43. The molecule has 0 radical (unpaired) electrons. The number of carbonyl (C=O) groups is 7. The summed E-state index contributed by atoms with van der Waals surface area (Å²) in [6.07, 6.45) is -2.51. The Bertz CT molecular complexity index is 1140. The lowest BCUT2D eigenvalue weighted by atomic mass is 9.89. The van der Waals surface area contributed by atoms with Gasteiger partial charge in [-0.3, -0.25) is 33.6 Å².